The van der Waals surface area contributed by atoms with Crippen molar-refractivity contribution in [3.05, 3.63) is 12.1 Å². The minimum absolute atomic E-state index is 0.0653. The first-order valence-corrected chi connectivity index (χ1v) is 9.28. The van der Waals surface area contributed by atoms with E-state index < -0.39 is 0 Å². The van der Waals surface area contributed by atoms with E-state index in [4.69, 9.17) is 9.37 Å². The van der Waals surface area contributed by atoms with Crippen LogP contribution in [-0.2, 0) is 9.53 Å². The molecular weight excluding hydrogens is 334 g/mol. The molecule has 26 heavy (non-hydrogen) atoms. The van der Waals surface area contributed by atoms with Crippen molar-refractivity contribution in [2.24, 2.45) is 0 Å². The average Bonchev–Trinajstić information content (AvgIpc) is 3.26. The maximum atomic E-state index is 12.5. The second-order valence-electron chi connectivity index (χ2n) is 7.29. The molecule has 1 amide bonds. The summed E-state index contributed by atoms with van der Waals surface area (Å²) in [6.07, 6.45) is 2.64. The van der Waals surface area contributed by atoms with Gasteiger partial charge in [-0.2, -0.15) is 0 Å². The van der Waals surface area contributed by atoms with E-state index in [0.717, 1.165) is 31.9 Å². The van der Waals surface area contributed by atoms with Gasteiger partial charge in [-0.1, -0.05) is 0 Å². The third-order valence-electron chi connectivity index (χ3n) is 4.98. The third kappa shape index (κ3) is 3.52. The molecule has 0 bridgehead atoms. The Balaban J connectivity index is 1.48. The predicted octanol–water partition coefficient (Wildman–Crippen LogP) is 1.87. The number of hydrogen-bond acceptors (Lipinski definition) is 7. The van der Waals surface area contributed by atoms with Gasteiger partial charge >= 0.3 is 0 Å². The molecule has 2 saturated heterocycles. The number of amides is 1. The Hall–Kier alpha value is -2.19. The minimum atomic E-state index is -0.0653. The number of anilines is 2. The molecule has 1 aromatic heterocycles. The summed E-state index contributed by atoms with van der Waals surface area (Å²) < 4.78 is 10.7. The fourth-order valence-electron chi connectivity index (χ4n) is 3.97. The van der Waals surface area contributed by atoms with Crippen molar-refractivity contribution in [2.75, 3.05) is 42.9 Å². The van der Waals surface area contributed by atoms with E-state index in [2.05, 4.69) is 25.4 Å². The molecule has 140 valence electrons. The number of carbonyl (C=O) groups is 1. The van der Waals surface area contributed by atoms with Crippen LogP contribution in [0.2, 0.25) is 0 Å². The molecule has 2 aliphatic heterocycles. The monoisotopic (exact) mass is 359 g/mol. The Morgan fingerprint density at radius 3 is 2.58 bits per heavy atom. The maximum Gasteiger partial charge on any atom is 0.238 e. The van der Waals surface area contributed by atoms with Crippen LogP contribution in [0.3, 0.4) is 0 Å². The van der Waals surface area contributed by atoms with Crippen LogP contribution in [0.4, 0.5) is 11.4 Å². The number of benzene rings is 1. The number of nitrogens with zero attached hydrogens (tertiary/aromatic N) is 4. The van der Waals surface area contributed by atoms with Crippen LogP contribution in [0.5, 0.6) is 0 Å². The molecule has 3 heterocycles. The van der Waals surface area contributed by atoms with E-state index >= 15 is 0 Å². The Bertz CT molecular complexity index is 776. The zero-order valence-corrected chi connectivity index (χ0v) is 15.3. The van der Waals surface area contributed by atoms with Crippen molar-refractivity contribution in [1.82, 2.24) is 15.2 Å². The summed E-state index contributed by atoms with van der Waals surface area (Å²) in [6, 6.07) is 3.88. The van der Waals surface area contributed by atoms with Crippen LogP contribution in [-0.4, -0.2) is 66.1 Å². The molecule has 0 aliphatic carbocycles. The van der Waals surface area contributed by atoms with Crippen molar-refractivity contribution in [2.45, 2.75) is 38.9 Å². The molecule has 2 aromatic rings. The molecule has 8 nitrogen and oxygen atoms in total. The Labute approximate surface area is 152 Å². The molecule has 8 heteroatoms. The van der Waals surface area contributed by atoms with Gasteiger partial charge in [-0.15, -0.1) is 0 Å². The van der Waals surface area contributed by atoms with Crippen LogP contribution in [0.15, 0.2) is 16.8 Å². The van der Waals surface area contributed by atoms with Crippen LogP contribution in [0.1, 0.15) is 26.7 Å². The molecule has 0 unspecified atom stereocenters. The standard InChI is InChI=1S/C18H25N5O3/c1-12-9-22(10-13(2)25-12)11-16(24)19-14-5-6-15(23-7-3-4-8-23)18-17(14)20-26-21-18/h5-6,12-13H,3-4,7-11H2,1-2H3,(H,19,24)/t12-,13-/m0/s1. The molecule has 1 aromatic carbocycles. The van der Waals surface area contributed by atoms with Gasteiger partial charge in [0.05, 0.1) is 30.1 Å². The van der Waals surface area contributed by atoms with Crippen molar-refractivity contribution in [1.29, 1.82) is 0 Å². The molecule has 0 spiro atoms. The van der Waals surface area contributed by atoms with Gasteiger partial charge in [0.15, 0.2) is 11.0 Å². The van der Waals surface area contributed by atoms with Crippen molar-refractivity contribution in [3.63, 3.8) is 0 Å². The van der Waals surface area contributed by atoms with E-state index in [-0.39, 0.29) is 18.1 Å². The second-order valence-corrected chi connectivity index (χ2v) is 7.29. The highest BCUT2D eigenvalue weighted by atomic mass is 16.6. The van der Waals surface area contributed by atoms with Crippen LogP contribution < -0.4 is 10.2 Å². The molecule has 2 aliphatic rings. The van der Waals surface area contributed by atoms with Gasteiger partial charge in [-0.3, -0.25) is 9.69 Å². The van der Waals surface area contributed by atoms with Gasteiger partial charge in [0.2, 0.25) is 5.91 Å². The van der Waals surface area contributed by atoms with Crippen molar-refractivity contribution in [3.8, 4) is 0 Å². The lowest BCUT2D eigenvalue weighted by atomic mass is 10.2. The first-order valence-electron chi connectivity index (χ1n) is 9.28. The number of nitrogens with one attached hydrogen (secondary N) is 1. The topological polar surface area (TPSA) is 83.7 Å². The zero-order valence-electron chi connectivity index (χ0n) is 15.3. The van der Waals surface area contributed by atoms with E-state index in [9.17, 15) is 4.79 Å². The zero-order chi connectivity index (χ0) is 18.1. The molecule has 2 atom stereocenters. The minimum Gasteiger partial charge on any atom is -0.373 e. The summed E-state index contributed by atoms with van der Waals surface area (Å²) in [4.78, 5) is 16.9. The number of fused-ring (bicyclic) bond motifs is 1. The largest absolute Gasteiger partial charge is 0.373 e. The highest BCUT2D eigenvalue weighted by molar-refractivity contribution is 6.03. The lowest BCUT2D eigenvalue weighted by Crippen LogP contribution is -2.48. The number of carbonyl (C=O) groups excluding carboxylic acids is 1. The number of hydrogen-bond donors (Lipinski definition) is 1. The normalized spacial score (nSPS) is 24.3. The Kier molecular flexibility index (Phi) is 4.78. The van der Waals surface area contributed by atoms with Gasteiger partial charge in [0.1, 0.15) is 0 Å². The van der Waals surface area contributed by atoms with Gasteiger partial charge < -0.3 is 15.0 Å². The summed E-state index contributed by atoms with van der Waals surface area (Å²) in [6.45, 7) is 7.94. The fourth-order valence-corrected chi connectivity index (χ4v) is 3.97. The van der Waals surface area contributed by atoms with Gasteiger partial charge in [-0.25, -0.2) is 4.63 Å². The number of morpholine rings is 1. The number of aromatic nitrogens is 2. The second kappa shape index (κ2) is 7.20. The quantitative estimate of drug-likeness (QED) is 0.892. The lowest BCUT2D eigenvalue weighted by molar-refractivity contribution is -0.121. The maximum absolute atomic E-state index is 12.5. The van der Waals surface area contributed by atoms with Gasteiger partial charge in [0.25, 0.3) is 0 Å². The van der Waals surface area contributed by atoms with Crippen LogP contribution >= 0.6 is 0 Å². The molecule has 1 N–H and O–H groups in total. The van der Waals surface area contributed by atoms with Crippen LogP contribution in [0.25, 0.3) is 11.0 Å². The van der Waals surface area contributed by atoms with E-state index in [1.54, 1.807) is 0 Å². The number of ether oxygens (including phenoxy) is 1. The van der Waals surface area contributed by atoms with Gasteiger partial charge in [0, 0.05) is 26.2 Å². The highest BCUT2D eigenvalue weighted by Gasteiger charge is 2.25. The first-order chi connectivity index (χ1) is 12.6. The van der Waals surface area contributed by atoms with Crippen molar-refractivity contribution >= 4 is 28.3 Å². The van der Waals surface area contributed by atoms with Gasteiger partial charge in [-0.05, 0) is 49.1 Å². The molecule has 2 fully saturated rings. The Morgan fingerprint density at radius 2 is 1.85 bits per heavy atom. The SMILES string of the molecule is C[C@H]1CN(CC(=O)Nc2ccc(N3CCCC3)c3nonc23)C[C@H](C)O1. The molecule has 0 radical (unpaired) electrons. The summed E-state index contributed by atoms with van der Waals surface area (Å²) in [5.41, 5.74) is 2.97. The first kappa shape index (κ1) is 17.2. The smallest absolute Gasteiger partial charge is 0.238 e. The van der Waals surface area contributed by atoms with E-state index in [1.165, 1.54) is 12.8 Å². The summed E-state index contributed by atoms with van der Waals surface area (Å²) >= 11 is 0. The highest BCUT2D eigenvalue weighted by Crippen LogP contribution is 2.31. The fraction of sp³-hybridized carbons (Fsp3) is 0.611. The predicted molar refractivity (Wildman–Crippen MR) is 98.3 cm³/mol. The number of rotatable bonds is 4. The third-order valence-corrected chi connectivity index (χ3v) is 4.98. The van der Waals surface area contributed by atoms with E-state index in [1.807, 2.05) is 26.0 Å². The summed E-state index contributed by atoms with van der Waals surface area (Å²) in [5.74, 6) is -0.0653. The van der Waals surface area contributed by atoms with E-state index in [0.29, 0.717) is 23.3 Å². The molecule has 4 rings (SSSR count). The molecular formula is C18H25N5O3. The summed E-state index contributed by atoms with van der Waals surface area (Å²) in [7, 11) is 0. The Morgan fingerprint density at radius 1 is 1.15 bits per heavy atom. The average molecular weight is 359 g/mol. The lowest BCUT2D eigenvalue weighted by Gasteiger charge is -2.34. The van der Waals surface area contributed by atoms with Crippen LogP contribution in [0, 0.1) is 0 Å². The molecule has 0 saturated carbocycles. The summed E-state index contributed by atoms with van der Waals surface area (Å²) in [5, 5.41) is 11.0. The van der Waals surface area contributed by atoms with Crippen molar-refractivity contribution < 1.29 is 14.2 Å².